The second-order valence-electron chi connectivity index (χ2n) is 5.98. The first-order chi connectivity index (χ1) is 12.6. The molecule has 0 spiro atoms. The number of hydrogen-bond acceptors (Lipinski definition) is 5. The molecule has 1 aromatic carbocycles. The molecular formula is C20H21N3O2S. The second-order valence-corrected chi connectivity index (χ2v) is 6.96. The molecule has 2 heterocycles. The molecule has 1 N–H and O–H groups in total. The number of rotatable bonds is 7. The zero-order valence-corrected chi connectivity index (χ0v) is 15.6. The predicted octanol–water partition coefficient (Wildman–Crippen LogP) is 3.97. The van der Waals surface area contributed by atoms with Gasteiger partial charge >= 0.3 is 0 Å². The normalized spacial score (nSPS) is 12.0. The third kappa shape index (κ3) is 4.47. The van der Waals surface area contributed by atoms with Crippen molar-refractivity contribution in [2.45, 2.75) is 6.04 Å². The van der Waals surface area contributed by atoms with E-state index in [-0.39, 0.29) is 11.9 Å². The fraction of sp³-hybridized carbons (Fsp3) is 0.200. The van der Waals surface area contributed by atoms with E-state index >= 15 is 0 Å². The first-order valence-electron chi connectivity index (χ1n) is 8.31. The summed E-state index contributed by atoms with van der Waals surface area (Å²) in [6.45, 7) is 0.506. The minimum Gasteiger partial charge on any atom is -0.438 e. The number of thiophene rings is 1. The van der Waals surface area contributed by atoms with E-state index in [9.17, 15) is 4.79 Å². The van der Waals surface area contributed by atoms with Crippen molar-refractivity contribution in [1.82, 2.24) is 15.2 Å². The molecule has 0 fully saturated rings. The van der Waals surface area contributed by atoms with Crippen LogP contribution in [0.1, 0.15) is 21.3 Å². The molecule has 1 amide bonds. The molecule has 2 aromatic heterocycles. The third-order valence-electron chi connectivity index (χ3n) is 3.92. The van der Waals surface area contributed by atoms with Gasteiger partial charge in [0.15, 0.2) is 0 Å². The SMILES string of the molecule is CN(C)[C@H](CNC(=O)c1cccnc1Oc1ccccc1)c1cccs1. The number of pyridine rings is 1. The molecular weight excluding hydrogens is 346 g/mol. The molecule has 0 aliphatic carbocycles. The molecule has 5 nitrogen and oxygen atoms in total. The highest BCUT2D eigenvalue weighted by Crippen LogP contribution is 2.24. The van der Waals surface area contributed by atoms with Crippen LogP contribution in [0.5, 0.6) is 11.6 Å². The van der Waals surface area contributed by atoms with Gasteiger partial charge in [-0.15, -0.1) is 11.3 Å². The van der Waals surface area contributed by atoms with Gasteiger partial charge in [-0.3, -0.25) is 4.79 Å². The molecule has 134 valence electrons. The third-order valence-corrected chi connectivity index (χ3v) is 4.90. The molecule has 3 aromatic rings. The largest absolute Gasteiger partial charge is 0.438 e. The monoisotopic (exact) mass is 367 g/mol. The highest BCUT2D eigenvalue weighted by molar-refractivity contribution is 7.10. The molecule has 0 saturated heterocycles. The number of benzene rings is 1. The highest BCUT2D eigenvalue weighted by Gasteiger charge is 2.19. The fourth-order valence-electron chi connectivity index (χ4n) is 2.55. The lowest BCUT2D eigenvalue weighted by atomic mass is 10.2. The summed E-state index contributed by atoms with van der Waals surface area (Å²) in [5, 5.41) is 5.04. The van der Waals surface area contributed by atoms with Crippen molar-refractivity contribution >= 4 is 17.2 Å². The van der Waals surface area contributed by atoms with E-state index in [0.717, 1.165) is 0 Å². The van der Waals surface area contributed by atoms with Crippen LogP contribution in [0.15, 0.2) is 66.2 Å². The van der Waals surface area contributed by atoms with Crippen molar-refractivity contribution in [3.05, 3.63) is 76.6 Å². The Morgan fingerprint density at radius 2 is 1.96 bits per heavy atom. The lowest BCUT2D eigenvalue weighted by Gasteiger charge is -2.23. The number of aromatic nitrogens is 1. The lowest BCUT2D eigenvalue weighted by Crippen LogP contribution is -2.34. The van der Waals surface area contributed by atoms with E-state index in [1.807, 2.05) is 55.9 Å². The van der Waals surface area contributed by atoms with Crippen LogP contribution in [0, 0.1) is 0 Å². The van der Waals surface area contributed by atoms with Crippen LogP contribution in [0.25, 0.3) is 0 Å². The summed E-state index contributed by atoms with van der Waals surface area (Å²) in [7, 11) is 4.01. The van der Waals surface area contributed by atoms with Crippen LogP contribution >= 0.6 is 11.3 Å². The lowest BCUT2D eigenvalue weighted by molar-refractivity contribution is 0.0939. The van der Waals surface area contributed by atoms with Crippen molar-refractivity contribution < 1.29 is 9.53 Å². The summed E-state index contributed by atoms with van der Waals surface area (Å²) in [4.78, 5) is 20.2. The van der Waals surface area contributed by atoms with Crippen molar-refractivity contribution in [3.63, 3.8) is 0 Å². The first-order valence-corrected chi connectivity index (χ1v) is 9.19. The van der Waals surface area contributed by atoms with Gasteiger partial charge in [0.2, 0.25) is 5.88 Å². The smallest absolute Gasteiger partial charge is 0.256 e. The van der Waals surface area contributed by atoms with Gasteiger partial charge in [0, 0.05) is 17.6 Å². The van der Waals surface area contributed by atoms with Gasteiger partial charge in [-0.25, -0.2) is 4.98 Å². The minimum absolute atomic E-state index is 0.120. The Hall–Kier alpha value is -2.70. The minimum atomic E-state index is -0.201. The molecule has 0 unspecified atom stereocenters. The number of carbonyl (C=O) groups excluding carboxylic acids is 1. The number of amides is 1. The van der Waals surface area contributed by atoms with Gasteiger partial charge in [-0.2, -0.15) is 0 Å². The summed E-state index contributed by atoms with van der Waals surface area (Å²) in [5.41, 5.74) is 0.417. The predicted molar refractivity (Wildman–Crippen MR) is 104 cm³/mol. The fourth-order valence-corrected chi connectivity index (χ4v) is 3.47. The molecule has 6 heteroatoms. The number of carbonyl (C=O) groups is 1. The zero-order chi connectivity index (χ0) is 18.4. The molecule has 26 heavy (non-hydrogen) atoms. The Labute approximate surface area is 157 Å². The van der Waals surface area contributed by atoms with E-state index in [1.165, 1.54) is 4.88 Å². The summed E-state index contributed by atoms with van der Waals surface area (Å²) in [6.07, 6.45) is 1.61. The number of hydrogen-bond donors (Lipinski definition) is 1. The van der Waals surface area contributed by atoms with Crippen molar-refractivity contribution in [1.29, 1.82) is 0 Å². The molecule has 0 saturated carbocycles. The summed E-state index contributed by atoms with van der Waals surface area (Å²) < 4.78 is 5.78. The van der Waals surface area contributed by atoms with Gasteiger partial charge in [0.25, 0.3) is 5.91 Å². The molecule has 0 aliphatic rings. The molecule has 3 rings (SSSR count). The Morgan fingerprint density at radius 3 is 2.65 bits per heavy atom. The maximum atomic E-state index is 12.7. The molecule has 1 atom stereocenters. The van der Waals surface area contributed by atoms with Crippen LogP contribution < -0.4 is 10.1 Å². The summed E-state index contributed by atoms with van der Waals surface area (Å²) >= 11 is 1.68. The van der Waals surface area contributed by atoms with Gasteiger partial charge in [-0.05, 0) is 49.8 Å². The quantitative estimate of drug-likeness (QED) is 0.687. The van der Waals surface area contributed by atoms with Crippen molar-refractivity contribution in [3.8, 4) is 11.6 Å². The Morgan fingerprint density at radius 1 is 1.15 bits per heavy atom. The number of para-hydroxylation sites is 1. The summed E-state index contributed by atoms with van der Waals surface area (Å²) in [5.74, 6) is 0.742. The van der Waals surface area contributed by atoms with Gasteiger partial charge < -0.3 is 15.0 Å². The standard InChI is InChI=1S/C20H21N3O2S/c1-23(2)17(18-11-7-13-26-18)14-22-19(24)16-10-6-12-21-20(16)25-15-8-4-3-5-9-15/h3-13,17H,14H2,1-2H3,(H,22,24)/t17-/m1/s1. The van der Waals surface area contributed by atoms with E-state index in [4.69, 9.17) is 4.74 Å². The van der Waals surface area contributed by atoms with Crippen LogP contribution in [-0.4, -0.2) is 36.4 Å². The number of nitrogens with one attached hydrogen (secondary N) is 1. The second kappa shape index (κ2) is 8.60. The van der Waals surface area contributed by atoms with E-state index in [0.29, 0.717) is 23.7 Å². The molecule has 0 bridgehead atoms. The number of likely N-dealkylation sites (N-methyl/N-ethyl adjacent to an activating group) is 1. The van der Waals surface area contributed by atoms with Gasteiger partial charge in [-0.1, -0.05) is 24.3 Å². The van der Waals surface area contributed by atoms with Crippen LogP contribution in [-0.2, 0) is 0 Å². The van der Waals surface area contributed by atoms with Crippen molar-refractivity contribution in [2.24, 2.45) is 0 Å². The van der Waals surface area contributed by atoms with Gasteiger partial charge in [0.05, 0.1) is 6.04 Å². The van der Waals surface area contributed by atoms with E-state index < -0.39 is 0 Å². The maximum Gasteiger partial charge on any atom is 0.256 e. The molecule has 0 aliphatic heterocycles. The summed E-state index contributed by atoms with van der Waals surface area (Å²) in [6, 6.07) is 17.0. The van der Waals surface area contributed by atoms with Crippen molar-refractivity contribution in [2.75, 3.05) is 20.6 Å². The Balaban J connectivity index is 1.72. The average molecular weight is 367 g/mol. The van der Waals surface area contributed by atoms with E-state index in [2.05, 4.69) is 21.3 Å². The molecule has 0 radical (unpaired) electrons. The number of nitrogens with zero attached hydrogens (tertiary/aromatic N) is 2. The number of ether oxygens (including phenoxy) is 1. The Bertz CT molecular complexity index is 835. The average Bonchev–Trinajstić information content (AvgIpc) is 3.17. The van der Waals surface area contributed by atoms with Crippen LogP contribution in [0.3, 0.4) is 0 Å². The van der Waals surface area contributed by atoms with Gasteiger partial charge in [0.1, 0.15) is 11.3 Å². The highest BCUT2D eigenvalue weighted by atomic mass is 32.1. The Kier molecular flexibility index (Phi) is 5.99. The first kappa shape index (κ1) is 18.1. The maximum absolute atomic E-state index is 12.7. The topological polar surface area (TPSA) is 54.5 Å². The van der Waals surface area contributed by atoms with Crippen LogP contribution in [0.4, 0.5) is 0 Å². The van der Waals surface area contributed by atoms with E-state index in [1.54, 1.807) is 29.7 Å². The zero-order valence-electron chi connectivity index (χ0n) is 14.8. The van der Waals surface area contributed by atoms with Crippen LogP contribution in [0.2, 0.25) is 0 Å².